The molecule has 1 aromatic carbocycles. The topological polar surface area (TPSA) is 40.6 Å². The first-order valence-corrected chi connectivity index (χ1v) is 9.28. The molecule has 0 aliphatic heterocycles. The van der Waals surface area contributed by atoms with Crippen molar-refractivity contribution in [2.24, 2.45) is 0 Å². The molecule has 0 saturated heterocycles. The Morgan fingerprint density at radius 3 is 2.54 bits per heavy atom. The molecule has 0 amide bonds. The van der Waals surface area contributed by atoms with E-state index in [1.807, 2.05) is 25.1 Å². The maximum atomic E-state index is 5.99. The monoisotopic (exact) mass is 435 g/mol. The van der Waals surface area contributed by atoms with Crippen molar-refractivity contribution in [3.05, 3.63) is 56.6 Å². The van der Waals surface area contributed by atoms with Gasteiger partial charge in [-0.1, -0.05) is 46.4 Å². The van der Waals surface area contributed by atoms with Crippen molar-refractivity contribution in [1.29, 1.82) is 0 Å². The molecule has 0 bridgehead atoms. The average molecular weight is 437 g/mol. The molecule has 8 heteroatoms. The maximum absolute atomic E-state index is 5.99. The molecule has 2 rings (SSSR count). The summed E-state index contributed by atoms with van der Waals surface area (Å²) in [5.74, 6) is 1.86. The molecule has 1 aromatic heterocycles. The van der Waals surface area contributed by atoms with Crippen LogP contribution in [-0.2, 0) is 0 Å². The Labute approximate surface area is 172 Å². The zero-order valence-corrected chi connectivity index (χ0v) is 17.0. The van der Waals surface area contributed by atoms with Crippen molar-refractivity contribution in [3.8, 4) is 17.4 Å². The van der Waals surface area contributed by atoms with Crippen molar-refractivity contribution >= 4 is 46.4 Å². The summed E-state index contributed by atoms with van der Waals surface area (Å²) in [4.78, 5) is 4.03. The van der Waals surface area contributed by atoms with E-state index in [-0.39, 0.29) is 4.49 Å². The second kappa shape index (κ2) is 10.7. The fraction of sp³-hybridized carbons (Fsp3) is 0.278. The van der Waals surface area contributed by atoms with Gasteiger partial charge in [0, 0.05) is 12.6 Å². The van der Waals surface area contributed by atoms with Crippen molar-refractivity contribution in [2.45, 2.75) is 13.3 Å². The van der Waals surface area contributed by atoms with Crippen LogP contribution in [0.3, 0.4) is 0 Å². The van der Waals surface area contributed by atoms with E-state index >= 15 is 0 Å². The van der Waals surface area contributed by atoms with Gasteiger partial charge < -0.3 is 14.2 Å². The van der Waals surface area contributed by atoms with Gasteiger partial charge in [-0.05, 0) is 42.8 Å². The van der Waals surface area contributed by atoms with Crippen LogP contribution in [0.25, 0.3) is 0 Å². The van der Waals surface area contributed by atoms with Gasteiger partial charge in [-0.2, -0.15) is 0 Å². The lowest BCUT2D eigenvalue weighted by Gasteiger charge is -2.11. The fourth-order valence-electron chi connectivity index (χ4n) is 1.99. The third-order valence-corrected chi connectivity index (χ3v) is 3.98. The molecule has 0 atom stereocenters. The quantitative estimate of drug-likeness (QED) is 0.436. The first-order chi connectivity index (χ1) is 12.5. The van der Waals surface area contributed by atoms with Crippen molar-refractivity contribution in [2.75, 3.05) is 19.8 Å². The fourth-order valence-corrected chi connectivity index (χ4v) is 2.55. The Hall–Kier alpha value is -1.33. The summed E-state index contributed by atoms with van der Waals surface area (Å²) in [6.45, 7) is 3.18. The van der Waals surface area contributed by atoms with Gasteiger partial charge in [-0.3, -0.25) is 0 Å². The lowest BCUT2D eigenvalue weighted by Crippen LogP contribution is -2.06. The summed E-state index contributed by atoms with van der Waals surface area (Å²) in [5.41, 5.74) is 0.965. The van der Waals surface area contributed by atoms with Gasteiger partial charge in [0.25, 0.3) is 0 Å². The number of hydrogen-bond acceptors (Lipinski definition) is 4. The van der Waals surface area contributed by atoms with E-state index < -0.39 is 0 Å². The molecule has 1 heterocycles. The van der Waals surface area contributed by atoms with Crippen molar-refractivity contribution < 1.29 is 14.2 Å². The number of nitrogens with zero attached hydrogens (tertiary/aromatic N) is 1. The first-order valence-electron chi connectivity index (χ1n) is 7.77. The number of benzene rings is 1. The van der Waals surface area contributed by atoms with E-state index in [0.29, 0.717) is 47.9 Å². The molecule has 0 aliphatic carbocycles. The van der Waals surface area contributed by atoms with Gasteiger partial charge in [0.15, 0.2) is 0 Å². The highest BCUT2D eigenvalue weighted by atomic mass is 35.5. The van der Waals surface area contributed by atoms with Crippen LogP contribution in [0.1, 0.15) is 12.0 Å². The van der Waals surface area contributed by atoms with Gasteiger partial charge in [-0.25, -0.2) is 4.98 Å². The number of pyridine rings is 1. The SMILES string of the molecule is Cc1cc(OCC=C(Cl)Cl)ccc1OCCCOc1ncc(Cl)cc1Cl. The zero-order valence-electron chi connectivity index (χ0n) is 14.0. The summed E-state index contributed by atoms with van der Waals surface area (Å²) in [6.07, 6.45) is 3.74. The van der Waals surface area contributed by atoms with Gasteiger partial charge in [0.1, 0.15) is 27.6 Å². The summed E-state index contributed by atoms with van der Waals surface area (Å²) in [6, 6.07) is 7.16. The molecule has 0 spiro atoms. The van der Waals surface area contributed by atoms with E-state index in [4.69, 9.17) is 60.6 Å². The zero-order chi connectivity index (χ0) is 18.9. The second-order valence-corrected chi connectivity index (χ2v) is 7.07. The molecule has 2 aromatic rings. The van der Waals surface area contributed by atoms with Crippen LogP contribution in [0.4, 0.5) is 0 Å². The minimum Gasteiger partial charge on any atom is -0.493 e. The lowest BCUT2D eigenvalue weighted by molar-refractivity contribution is 0.241. The van der Waals surface area contributed by atoms with Gasteiger partial charge in [0.2, 0.25) is 5.88 Å². The smallest absolute Gasteiger partial charge is 0.232 e. The van der Waals surface area contributed by atoms with Gasteiger partial charge in [0.05, 0.1) is 18.2 Å². The van der Waals surface area contributed by atoms with Gasteiger partial charge >= 0.3 is 0 Å². The highest BCUT2D eigenvalue weighted by Gasteiger charge is 2.05. The summed E-state index contributed by atoms with van der Waals surface area (Å²) >= 11 is 22.9. The molecule has 4 nitrogen and oxygen atoms in total. The minimum absolute atomic E-state index is 0.180. The third-order valence-electron chi connectivity index (χ3n) is 3.19. The number of aromatic nitrogens is 1. The Morgan fingerprint density at radius 1 is 1.08 bits per heavy atom. The van der Waals surface area contributed by atoms with Crippen LogP contribution < -0.4 is 14.2 Å². The van der Waals surface area contributed by atoms with Crippen LogP contribution in [0.2, 0.25) is 10.0 Å². The Bertz CT molecular complexity index is 764. The van der Waals surface area contributed by atoms with Crippen LogP contribution >= 0.6 is 46.4 Å². The largest absolute Gasteiger partial charge is 0.493 e. The molecule has 26 heavy (non-hydrogen) atoms. The van der Waals surface area contributed by atoms with Crippen LogP contribution in [0.15, 0.2) is 41.0 Å². The number of rotatable bonds is 9. The van der Waals surface area contributed by atoms with E-state index in [2.05, 4.69) is 4.98 Å². The Balaban J connectivity index is 1.74. The number of hydrogen-bond donors (Lipinski definition) is 0. The van der Waals surface area contributed by atoms with E-state index in [1.165, 1.54) is 6.20 Å². The number of ether oxygens (including phenoxy) is 3. The highest BCUT2D eigenvalue weighted by molar-refractivity contribution is 6.55. The van der Waals surface area contributed by atoms with Crippen molar-refractivity contribution in [1.82, 2.24) is 4.98 Å². The summed E-state index contributed by atoms with van der Waals surface area (Å²) in [5, 5.41) is 0.852. The molecule has 0 fully saturated rings. The highest BCUT2D eigenvalue weighted by Crippen LogP contribution is 2.25. The molecule has 0 aliphatic rings. The van der Waals surface area contributed by atoms with Crippen LogP contribution in [0, 0.1) is 6.92 Å². The molecular formula is C18H17Cl4NO3. The average Bonchev–Trinajstić information content (AvgIpc) is 2.57. The number of halogens is 4. The van der Waals surface area contributed by atoms with Crippen LogP contribution in [-0.4, -0.2) is 24.8 Å². The Kier molecular flexibility index (Phi) is 8.66. The summed E-state index contributed by atoms with van der Waals surface area (Å²) < 4.78 is 17.0. The standard InChI is InChI=1S/C18H17Cl4NO3/c1-12-9-14(24-8-5-17(21)22)3-4-16(12)25-6-2-7-26-18-15(20)10-13(19)11-23-18/h3-5,9-11H,2,6-8H2,1H3. The maximum Gasteiger partial charge on any atom is 0.232 e. The molecule has 0 radical (unpaired) electrons. The minimum atomic E-state index is 0.180. The molecule has 140 valence electrons. The predicted molar refractivity (Wildman–Crippen MR) is 106 cm³/mol. The summed E-state index contributed by atoms with van der Waals surface area (Å²) in [7, 11) is 0. The van der Waals surface area contributed by atoms with E-state index in [9.17, 15) is 0 Å². The Morgan fingerprint density at radius 2 is 1.85 bits per heavy atom. The predicted octanol–water partition coefficient (Wildman–Crippen LogP) is 6.24. The third kappa shape index (κ3) is 7.12. The van der Waals surface area contributed by atoms with E-state index in [1.54, 1.807) is 12.1 Å². The molecular weight excluding hydrogens is 420 g/mol. The second-order valence-electron chi connectivity index (χ2n) is 5.22. The van der Waals surface area contributed by atoms with Crippen LogP contribution in [0.5, 0.6) is 17.4 Å². The number of aryl methyl sites for hydroxylation is 1. The lowest BCUT2D eigenvalue weighted by atomic mass is 10.2. The molecule has 0 saturated carbocycles. The molecule has 0 N–H and O–H groups in total. The van der Waals surface area contributed by atoms with E-state index in [0.717, 1.165) is 11.3 Å². The van der Waals surface area contributed by atoms with Crippen molar-refractivity contribution in [3.63, 3.8) is 0 Å². The first kappa shape index (κ1) is 21.0. The molecule has 0 unspecified atom stereocenters. The van der Waals surface area contributed by atoms with Gasteiger partial charge in [-0.15, -0.1) is 0 Å². The normalized spacial score (nSPS) is 10.3.